The maximum Gasteiger partial charge on any atom is 0.242 e. The molecule has 3 rings (SSSR count). The summed E-state index contributed by atoms with van der Waals surface area (Å²) in [5.74, 6) is -2.74. The average molecular weight is 1400 g/mol. The first-order valence-corrected chi connectivity index (χ1v) is 33.6. The third-order valence-electron chi connectivity index (χ3n) is 15.7. The van der Waals surface area contributed by atoms with E-state index in [1.807, 2.05) is 0 Å². The van der Waals surface area contributed by atoms with Crippen LogP contribution in [-0.2, 0) is 80.8 Å². The van der Waals surface area contributed by atoms with Crippen molar-refractivity contribution in [3.05, 3.63) is 0 Å². The molecule has 0 radical (unpaired) electrons. The number of rotatable bonds is 57. The Bertz CT molecular complexity index is 2030. The molecular weight excluding hydrogens is 1280 g/mol. The van der Waals surface area contributed by atoms with E-state index in [4.69, 9.17) is 61.9 Å². The van der Waals surface area contributed by atoms with Crippen LogP contribution in [0.3, 0.4) is 0 Å². The van der Waals surface area contributed by atoms with Crippen molar-refractivity contribution in [2.45, 2.75) is 213 Å². The molecule has 0 saturated carbocycles. The SMILES string of the molecule is O=C(CCC(NC(=O)CCC(NC(=O)CCOCCOCCOCCOCCOCCOCCO)C(=O)NCCCCCCO[C@H]1O[C@H](CO)[C@@H](O)[C@H](O)[C@@H]1O)C(=O)NCCCCCCO[C@H]1O[C@H](CO)[C@@H](O)[C@H](O)[C@@H]1O)NCCCCCCO[C@H]1O[C@H](CO)[C@@H](O)[C@H](O)[C@@H]1O. The molecule has 3 aliphatic heterocycles. The van der Waals surface area contributed by atoms with Gasteiger partial charge in [-0.1, -0.05) is 38.5 Å². The van der Waals surface area contributed by atoms with Crippen molar-refractivity contribution in [2.24, 2.45) is 0 Å². The van der Waals surface area contributed by atoms with Gasteiger partial charge in [-0.25, -0.2) is 0 Å². The zero-order valence-electron chi connectivity index (χ0n) is 55.1. The van der Waals surface area contributed by atoms with Crippen LogP contribution >= 0.6 is 0 Å². The van der Waals surface area contributed by atoms with E-state index in [9.17, 15) is 85.3 Å². The summed E-state index contributed by atoms with van der Waals surface area (Å²) in [6, 6.07) is -2.39. The number of hydrogen-bond donors (Lipinski definition) is 18. The molecule has 0 bridgehead atoms. The molecule has 0 aliphatic carbocycles. The van der Waals surface area contributed by atoms with Crippen LogP contribution in [0.1, 0.15) is 109 Å². The van der Waals surface area contributed by atoms with E-state index in [0.29, 0.717) is 130 Å². The van der Waals surface area contributed by atoms with E-state index >= 15 is 0 Å². The molecule has 0 aromatic carbocycles. The zero-order valence-corrected chi connectivity index (χ0v) is 55.1. The Labute approximate surface area is 560 Å². The summed E-state index contributed by atoms with van der Waals surface area (Å²) >= 11 is 0. The van der Waals surface area contributed by atoms with Crippen molar-refractivity contribution in [3.63, 3.8) is 0 Å². The molecule has 17 atom stereocenters. The lowest BCUT2D eigenvalue weighted by atomic mass is 9.99. The number of ether oxygens (including phenoxy) is 12. The minimum atomic E-state index is -1.58. The molecule has 35 heteroatoms. The Kier molecular flexibility index (Phi) is 48.0. The maximum absolute atomic E-state index is 13.7. The minimum absolute atomic E-state index is 0.0196. The topological polar surface area (TPSA) is 519 Å². The molecule has 96 heavy (non-hydrogen) atoms. The fraction of sp³-hybridized carbons (Fsp3) is 0.918. The van der Waals surface area contributed by atoms with Gasteiger partial charge in [-0.2, -0.15) is 0 Å². The number of aliphatic hydroxyl groups is 13. The first-order chi connectivity index (χ1) is 46.4. The Morgan fingerprint density at radius 2 is 0.604 bits per heavy atom. The number of carbonyl (C=O) groups excluding carboxylic acids is 5. The lowest BCUT2D eigenvalue weighted by Crippen LogP contribution is -2.59. The highest BCUT2D eigenvalue weighted by Crippen LogP contribution is 2.25. The molecule has 3 saturated heterocycles. The van der Waals surface area contributed by atoms with E-state index in [0.717, 1.165) is 0 Å². The van der Waals surface area contributed by atoms with Crippen molar-refractivity contribution in [3.8, 4) is 0 Å². The normalized spacial score (nSPS) is 26.6. The highest BCUT2D eigenvalue weighted by molar-refractivity contribution is 5.90. The van der Waals surface area contributed by atoms with Gasteiger partial charge < -0.3 is 150 Å². The van der Waals surface area contributed by atoms with Gasteiger partial charge in [0.1, 0.15) is 85.3 Å². The summed E-state index contributed by atoms with van der Waals surface area (Å²) in [6.45, 7) is 2.73. The van der Waals surface area contributed by atoms with Gasteiger partial charge in [-0.15, -0.1) is 0 Å². The fourth-order valence-corrected chi connectivity index (χ4v) is 9.99. The van der Waals surface area contributed by atoms with E-state index in [-0.39, 0.29) is 105 Å². The average Bonchev–Trinajstić information content (AvgIpc) is 0.861. The fourth-order valence-electron chi connectivity index (χ4n) is 9.99. The molecule has 3 heterocycles. The summed E-state index contributed by atoms with van der Waals surface area (Å²) in [5.41, 5.74) is 0. The second kappa shape index (κ2) is 53.2. The molecule has 3 fully saturated rings. The third-order valence-corrected chi connectivity index (χ3v) is 15.7. The first-order valence-electron chi connectivity index (χ1n) is 33.6. The van der Waals surface area contributed by atoms with Crippen LogP contribution in [-0.4, -0.2) is 345 Å². The molecule has 3 aliphatic rings. The van der Waals surface area contributed by atoms with Crippen LogP contribution in [0, 0.1) is 0 Å². The Hall–Kier alpha value is -3.65. The van der Waals surface area contributed by atoms with Crippen molar-refractivity contribution in [1.82, 2.24) is 26.6 Å². The second-order valence-electron chi connectivity index (χ2n) is 23.3. The van der Waals surface area contributed by atoms with Crippen molar-refractivity contribution in [2.75, 3.05) is 145 Å². The summed E-state index contributed by atoms with van der Waals surface area (Å²) < 4.78 is 65.2. The number of aliphatic hydroxyl groups excluding tert-OH is 13. The summed E-state index contributed by atoms with van der Waals surface area (Å²) in [5, 5.41) is 142. The predicted octanol–water partition coefficient (Wildman–Crippen LogP) is -6.52. The van der Waals surface area contributed by atoms with Gasteiger partial charge in [0, 0.05) is 58.7 Å². The van der Waals surface area contributed by atoms with Gasteiger partial charge in [0.15, 0.2) is 18.9 Å². The van der Waals surface area contributed by atoms with Crippen LogP contribution in [0.4, 0.5) is 0 Å². The van der Waals surface area contributed by atoms with Gasteiger partial charge >= 0.3 is 0 Å². The van der Waals surface area contributed by atoms with Gasteiger partial charge in [-0.05, 0) is 51.4 Å². The first kappa shape index (κ1) is 86.6. The summed E-state index contributed by atoms with van der Waals surface area (Å²) in [7, 11) is 0. The Morgan fingerprint density at radius 1 is 0.312 bits per heavy atom. The maximum atomic E-state index is 13.7. The largest absolute Gasteiger partial charge is 0.394 e. The van der Waals surface area contributed by atoms with Crippen LogP contribution < -0.4 is 26.6 Å². The van der Waals surface area contributed by atoms with Gasteiger partial charge in [0.05, 0.1) is 106 Å². The lowest BCUT2D eigenvalue weighted by Gasteiger charge is -2.39. The molecular formula is C61H113N5O30. The van der Waals surface area contributed by atoms with Gasteiger partial charge in [0.2, 0.25) is 29.5 Å². The number of hydrogen-bond acceptors (Lipinski definition) is 30. The zero-order chi connectivity index (χ0) is 70.3. The summed E-state index contributed by atoms with van der Waals surface area (Å²) in [4.78, 5) is 67.5. The number of nitrogens with one attached hydrogen (secondary N) is 5. The quantitative estimate of drug-likeness (QED) is 0.0252. The Balaban J connectivity index is 1.51. The van der Waals surface area contributed by atoms with Gasteiger partial charge in [0.25, 0.3) is 0 Å². The summed E-state index contributed by atoms with van der Waals surface area (Å²) in [6.07, 6.45) is -15.0. The molecule has 2 unspecified atom stereocenters. The second-order valence-corrected chi connectivity index (χ2v) is 23.3. The predicted molar refractivity (Wildman–Crippen MR) is 333 cm³/mol. The molecule has 18 N–H and O–H groups in total. The molecule has 0 aromatic rings. The van der Waals surface area contributed by atoms with Crippen LogP contribution in [0.25, 0.3) is 0 Å². The number of carbonyl (C=O) groups is 5. The molecule has 0 aromatic heterocycles. The lowest BCUT2D eigenvalue weighted by molar-refractivity contribution is -0.301. The molecule has 562 valence electrons. The third kappa shape index (κ3) is 35.6. The molecule has 0 spiro atoms. The van der Waals surface area contributed by atoms with Crippen LogP contribution in [0.15, 0.2) is 0 Å². The van der Waals surface area contributed by atoms with Gasteiger partial charge in [-0.3, -0.25) is 24.0 Å². The standard InChI is InChI=1S/C61H113N5O30/c67-21-26-86-28-30-88-32-34-90-36-35-89-33-31-87-29-27-85-25-17-47(73)66-41(58(84)64-20-9-3-6-12-24-93-61-56(82)53(79)50(76)44(39-70)96-61)14-16-46(72)65-40(57(83)63-19-8-2-5-11-23-92-60-55(81)52(78)49(75)43(38-69)95-60)13-15-45(71)62-18-7-1-4-10-22-91-59-54(80)51(77)48(74)42(37-68)94-59/h40-44,48-56,59-61,67-70,74-82H,1-39H2,(H,62,71)(H,63,83)(H,64,84)(H,65,72)(H,66,73)/t40?,41?,42-,43-,44-,48-,49-,50-,51+,52+,53+,54+,55+,56+,59+,60+,61+/m1/s1. The van der Waals surface area contributed by atoms with Crippen molar-refractivity contribution >= 4 is 29.5 Å². The van der Waals surface area contributed by atoms with E-state index < -0.39 is 154 Å². The van der Waals surface area contributed by atoms with E-state index in [1.54, 1.807) is 0 Å². The Morgan fingerprint density at radius 3 is 0.938 bits per heavy atom. The van der Waals surface area contributed by atoms with Crippen LogP contribution in [0.2, 0.25) is 0 Å². The van der Waals surface area contributed by atoms with E-state index in [2.05, 4.69) is 26.6 Å². The highest BCUT2D eigenvalue weighted by atomic mass is 16.7. The van der Waals surface area contributed by atoms with Crippen LogP contribution in [0.5, 0.6) is 0 Å². The smallest absolute Gasteiger partial charge is 0.242 e. The minimum Gasteiger partial charge on any atom is -0.394 e. The van der Waals surface area contributed by atoms with Crippen molar-refractivity contribution in [1.29, 1.82) is 0 Å². The van der Waals surface area contributed by atoms with Crippen molar-refractivity contribution < 1.29 is 147 Å². The van der Waals surface area contributed by atoms with E-state index in [1.165, 1.54) is 0 Å². The number of amides is 5. The molecule has 5 amide bonds. The molecule has 35 nitrogen and oxygen atoms in total. The monoisotopic (exact) mass is 1400 g/mol. The highest BCUT2D eigenvalue weighted by Gasteiger charge is 2.46. The number of unbranched alkanes of at least 4 members (excludes halogenated alkanes) is 9.